The first-order chi connectivity index (χ1) is 8.01. The maximum atomic E-state index is 5.12. The van der Waals surface area contributed by atoms with Crippen LogP contribution in [-0.4, -0.2) is 24.2 Å². The van der Waals surface area contributed by atoms with Crippen LogP contribution in [0, 0.1) is 0 Å². The zero-order valence-corrected chi connectivity index (χ0v) is 11.2. The van der Waals surface area contributed by atoms with Crippen molar-refractivity contribution in [3.8, 4) is 5.75 Å². The second kappa shape index (κ2) is 6.40. The molecular formula is C14H22N2O. The fourth-order valence-corrected chi connectivity index (χ4v) is 1.39. The van der Waals surface area contributed by atoms with Crippen molar-refractivity contribution < 1.29 is 4.74 Å². The lowest BCUT2D eigenvalue weighted by Gasteiger charge is -2.19. The summed E-state index contributed by atoms with van der Waals surface area (Å²) in [6, 6.07) is 1.97. The van der Waals surface area contributed by atoms with Crippen molar-refractivity contribution in [3.63, 3.8) is 0 Å². The third kappa shape index (κ3) is 6.07. The van der Waals surface area contributed by atoms with Crippen molar-refractivity contribution in [1.82, 2.24) is 10.3 Å². The van der Waals surface area contributed by atoms with Crippen LogP contribution in [0.4, 0.5) is 0 Å². The normalized spacial score (nSPS) is 12.0. The number of aromatic nitrogens is 1. The first-order valence-electron chi connectivity index (χ1n) is 5.92. The fourth-order valence-electron chi connectivity index (χ4n) is 1.39. The number of pyridine rings is 1. The van der Waals surface area contributed by atoms with Gasteiger partial charge in [0.2, 0.25) is 0 Å². The van der Waals surface area contributed by atoms with Gasteiger partial charge in [0, 0.05) is 11.7 Å². The lowest BCUT2D eigenvalue weighted by molar-refractivity contribution is 0.413. The van der Waals surface area contributed by atoms with E-state index in [9.17, 15) is 0 Å². The average molecular weight is 234 g/mol. The van der Waals surface area contributed by atoms with Crippen LogP contribution in [0.15, 0.2) is 24.5 Å². The zero-order valence-electron chi connectivity index (χ0n) is 11.2. The monoisotopic (exact) mass is 234 g/mol. The molecule has 1 rings (SSSR count). The van der Waals surface area contributed by atoms with Gasteiger partial charge in [-0.05, 0) is 45.4 Å². The SMILES string of the molecule is COc1cncc(/C=C\CCNC(C)(C)C)c1. The van der Waals surface area contributed by atoms with Gasteiger partial charge in [0.25, 0.3) is 0 Å². The van der Waals surface area contributed by atoms with E-state index >= 15 is 0 Å². The molecule has 0 atom stereocenters. The van der Waals surface area contributed by atoms with Gasteiger partial charge < -0.3 is 10.1 Å². The molecule has 0 fully saturated rings. The molecule has 0 aliphatic rings. The summed E-state index contributed by atoms with van der Waals surface area (Å²) in [5, 5.41) is 3.44. The Morgan fingerprint density at radius 2 is 2.12 bits per heavy atom. The quantitative estimate of drug-likeness (QED) is 0.795. The molecule has 1 heterocycles. The highest BCUT2D eigenvalue weighted by Crippen LogP contribution is 2.11. The predicted molar refractivity (Wildman–Crippen MR) is 72.2 cm³/mol. The topological polar surface area (TPSA) is 34.1 Å². The smallest absolute Gasteiger partial charge is 0.137 e. The van der Waals surface area contributed by atoms with Gasteiger partial charge >= 0.3 is 0 Å². The van der Waals surface area contributed by atoms with Gasteiger partial charge in [-0.3, -0.25) is 4.98 Å². The summed E-state index contributed by atoms with van der Waals surface area (Å²) in [5.41, 5.74) is 1.26. The van der Waals surface area contributed by atoms with Crippen LogP contribution >= 0.6 is 0 Å². The van der Waals surface area contributed by atoms with Gasteiger partial charge in [0.15, 0.2) is 0 Å². The molecular weight excluding hydrogens is 212 g/mol. The van der Waals surface area contributed by atoms with E-state index in [1.54, 1.807) is 13.3 Å². The van der Waals surface area contributed by atoms with Gasteiger partial charge in [-0.15, -0.1) is 0 Å². The predicted octanol–water partition coefficient (Wildman–Crippen LogP) is 2.88. The second-order valence-corrected chi connectivity index (χ2v) is 5.03. The van der Waals surface area contributed by atoms with Crippen LogP contribution < -0.4 is 10.1 Å². The van der Waals surface area contributed by atoms with Crippen molar-refractivity contribution in [1.29, 1.82) is 0 Å². The maximum Gasteiger partial charge on any atom is 0.137 e. The number of hydrogen-bond acceptors (Lipinski definition) is 3. The minimum Gasteiger partial charge on any atom is -0.495 e. The van der Waals surface area contributed by atoms with Crippen LogP contribution in [0.3, 0.4) is 0 Å². The molecule has 0 bridgehead atoms. The Balaban J connectivity index is 2.38. The molecule has 1 aromatic heterocycles. The van der Waals surface area contributed by atoms with E-state index in [2.05, 4.69) is 43.2 Å². The first kappa shape index (κ1) is 13.7. The number of nitrogens with zero attached hydrogens (tertiary/aromatic N) is 1. The summed E-state index contributed by atoms with van der Waals surface area (Å²) in [4.78, 5) is 4.10. The molecule has 0 saturated heterocycles. The molecule has 0 aliphatic heterocycles. The van der Waals surface area contributed by atoms with E-state index in [0.29, 0.717) is 0 Å². The van der Waals surface area contributed by atoms with Gasteiger partial charge in [-0.2, -0.15) is 0 Å². The van der Waals surface area contributed by atoms with E-state index in [-0.39, 0.29) is 5.54 Å². The minimum atomic E-state index is 0.186. The lowest BCUT2D eigenvalue weighted by atomic mass is 10.1. The minimum absolute atomic E-state index is 0.186. The van der Waals surface area contributed by atoms with Crippen LogP contribution in [0.1, 0.15) is 32.8 Å². The molecule has 0 aromatic carbocycles. The Labute approximate surface area is 104 Å². The molecule has 17 heavy (non-hydrogen) atoms. The first-order valence-corrected chi connectivity index (χ1v) is 5.92. The largest absolute Gasteiger partial charge is 0.495 e. The highest BCUT2D eigenvalue weighted by atomic mass is 16.5. The molecule has 0 unspecified atom stereocenters. The van der Waals surface area contributed by atoms with Crippen LogP contribution in [0.5, 0.6) is 5.75 Å². The number of ether oxygens (including phenoxy) is 1. The van der Waals surface area contributed by atoms with Crippen molar-refractivity contribution in [2.45, 2.75) is 32.7 Å². The third-order valence-corrected chi connectivity index (χ3v) is 2.25. The number of nitrogens with one attached hydrogen (secondary N) is 1. The number of rotatable bonds is 5. The molecule has 1 N–H and O–H groups in total. The highest BCUT2D eigenvalue weighted by Gasteiger charge is 2.06. The third-order valence-electron chi connectivity index (χ3n) is 2.25. The molecule has 0 radical (unpaired) electrons. The highest BCUT2D eigenvalue weighted by molar-refractivity contribution is 5.49. The van der Waals surface area contributed by atoms with E-state index in [0.717, 1.165) is 24.3 Å². The molecule has 0 amide bonds. The standard InChI is InChI=1S/C14H22N2O/c1-14(2,3)16-8-6-5-7-12-9-13(17-4)11-15-10-12/h5,7,9-11,16H,6,8H2,1-4H3/b7-5-. The molecule has 0 saturated carbocycles. The van der Waals surface area contributed by atoms with Gasteiger partial charge in [-0.1, -0.05) is 12.2 Å². The lowest BCUT2D eigenvalue weighted by Crippen LogP contribution is -2.36. The molecule has 3 nitrogen and oxygen atoms in total. The van der Waals surface area contributed by atoms with Crippen molar-refractivity contribution in [2.24, 2.45) is 0 Å². The molecule has 0 spiro atoms. The van der Waals surface area contributed by atoms with Crippen LogP contribution in [-0.2, 0) is 0 Å². The molecule has 94 valence electrons. The molecule has 0 aliphatic carbocycles. The Bertz CT molecular complexity index is 367. The van der Waals surface area contributed by atoms with Crippen LogP contribution in [0.25, 0.3) is 6.08 Å². The number of hydrogen-bond donors (Lipinski definition) is 1. The Hall–Kier alpha value is -1.35. The maximum absolute atomic E-state index is 5.12. The zero-order chi connectivity index (χ0) is 12.7. The summed E-state index contributed by atoms with van der Waals surface area (Å²) in [6.45, 7) is 7.49. The van der Waals surface area contributed by atoms with Gasteiger partial charge in [-0.25, -0.2) is 0 Å². The van der Waals surface area contributed by atoms with E-state index < -0.39 is 0 Å². The Morgan fingerprint density at radius 1 is 1.35 bits per heavy atom. The molecule has 1 aromatic rings. The van der Waals surface area contributed by atoms with Crippen molar-refractivity contribution >= 4 is 6.08 Å². The number of methoxy groups -OCH3 is 1. The van der Waals surface area contributed by atoms with E-state index in [4.69, 9.17) is 4.74 Å². The van der Waals surface area contributed by atoms with E-state index in [1.165, 1.54) is 0 Å². The Morgan fingerprint density at radius 3 is 2.76 bits per heavy atom. The summed E-state index contributed by atoms with van der Waals surface area (Å²) in [7, 11) is 1.65. The summed E-state index contributed by atoms with van der Waals surface area (Å²) < 4.78 is 5.12. The average Bonchev–Trinajstić information content (AvgIpc) is 2.27. The summed E-state index contributed by atoms with van der Waals surface area (Å²) >= 11 is 0. The second-order valence-electron chi connectivity index (χ2n) is 5.03. The van der Waals surface area contributed by atoms with Crippen molar-refractivity contribution in [3.05, 3.63) is 30.1 Å². The van der Waals surface area contributed by atoms with Crippen molar-refractivity contribution in [2.75, 3.05) is 13.7 Å². The molecule has 3 heteroatoms. The van der Waals surface area contributed by atoms with Gasteiger partial charge in [0.05, 0.1) is 13.3 Å². The van der Waals surface area contributed by atoms with Crippen LogP contribution in [0.2, 0.25) is 0 Å². The summed E-state index contributed by atoms with van der Waals surface area (Å²) in [5.74, 6) is 0.792. The van der Waals surface area contributed by atoms with Gasteiger partial charge in [0.1, 0.15) is 5.75 Å². The fraction of sp³-hybridized carbons (Fsp3) is 0.500. The summed E-state index contributed by atoms with van der Waals surface area (Å²) in [6.07, 6.45) is 8.76. The van der Waals surface area contributed by atoms with E-state index in [1.807, 2.05) is 12.3 Å². The Kier molecular flexibility index (Phi) is 5.16.